The molecule has 3 aromatic heterocycles. The van der Waals surface area contributed by atoms with Crippen molar-refractivity contribution in [3.05, 3.63) is 70.8 Å². The number of hydrogen-bond donors (Lipinski definition) is 1. The predicted octanol–water partition coefficient (Wildman–Crippen LogP) is 3.89. The zero-order valence-electron chi connectivity index (χ0n) is 15.4. The van der Waals surface area contributed by atoms with Crippen LogP contribution in [0, 0.1) is 0 Å². The molecule has 0 bridgehead atoms. The largest absolute Gasteiger partial charge is 0.351 e. The van der Waals surface area contributed by atoms with Crippen LogP contribution >= 0.6 is 11.3 Å². The van der Waals surface area contributed by atoms with Gasteiger partial charge in [-0.15, -0.1) is 11.3 Å². The third-order valence-electron chi connectivity index (χ3n) is 5.47. The Morgan fingerprint density at radius 2 is 2.07 bits per heavy atom. The molecule has 1 amide bonds. The predicted molar refractivity (Wildman–Crippen MR) is 110 cm³/mol. The molecule has 0 spiro atoms. The van der Waals surface area contributed by atoms with Gasteiger partial charge >= 0.3 is 0 Å². The van der Waals surface area contributed by atoms with Crippen molar-refractivity contribution in [2.45, 2.75) is 25.3 Å². The minimum Gasteiger partial charge on any atom is -0.351 e. The van der Waals surface area contributed by atoms with Gasteiger partial charge in [-0.1, -0.05) is 18.2 Å². The molecule has 0 aliphatic carbocycles. The van der Waals surface area contributed by atoms with E-state index < -0.39 is 0 Å². The number of imidazole rings is 1. The molecule has 142 valence electrons. The highest BCUT2D eigenvalue weighted by molar-refractivity contribution is 7.07. The summed E-state index contributed by atoms with van der Waals surface area (Å²) in [7, 11) is 0. The van der Waals surface area contributed by atoms with Crippen LogP contribution in [-0.2, 0) is 6.54 Å². The lowest BCUT2D eigenvalue weighted by Gasteiger charge is -2.31. The van der Waals surface area contributed by atoms with Crippen molar-refractivity contribution in [2.75, 3.05) is 13.1 Å². The van der Waals surface area contributed by atoms with Gasteiger partial charge in [0.2, 0.25) is 0 Å². The maximum absolute atomic E-state index is 12.9. The van der Waals surface area contributed by atoms with Gasteiger partial charge in [-0.25, -0.2) is 9.97 Å². The number of piperidine rings is 1. The van der Waals surface area contributed by atoms with Gasteiger partial charge in [0, 0.05) is 47.7 Å². The van der Waals surface area contributed by atoms with Crippen LogP contribution in [-0.4, -0.2) is 43.4 Å². The van der Waals surface area contributed by atoms with Crippen LogP contribution in [0.3, 0.4) is 0 Å². The number of amides is 1. The minimum atomic E-state index is 0.0838. The van der Waals surface area contributed by atoms with Crippen LogP contribution in [0.25, 0.3) is 10.9 Å². The molecule has 6 nitrogen and oxygen atoms in total. The lowest BCUT2D eigenvalue weighted by Crippen LogP contribution is -2.38. The number of aromatic amines is 1. The molecular weight excluding hydrogens is 370 g/mol. The number of hydrogen-bond acceptors (Lipinski definition) is 4. The summed E-state index contributed by atoms with van der Waals surface area (Å²) in [5.41, 5.74) is 4.60. The molecule has 4 heterocycles. The fourth-order valence-corrected chi connectivity index (χ4v) is 4.55. The number of thiazole rings is 1. The van der Waals surface area contributed by atoms with E-state index in [0.29, 0.717) is 11.6 Å². The van der Waals surface area contributed by atoms with E-state index in [1.165, 1.54) is 0 Å². The molecule has 0 atom stereocenters. The normalized spacial score (nSPS) is 15.4. The number of benzene rings is 1. The SMILES string of the molecule is O=C(c1cc2ccccc2[nH]1)N1CCC(c2nccn2Cc2cscn2)CC1. The zero-order valence-corrected chi connectivity index (χ0v) is 16.2. The van der Waals surface area contributed by atoms with Gasteiger partial charge in [-0.3, -0.25) is 4.79 Å². The number of H-pyrrole nitrogens is 1. The monoisotopic (exact) mass is 391 g/mol. The standard InChI is InChI=1S/C21H21N5OS/c27-21(19-11-16-3-1-2-4-18(16)24-19)25-8-5-15(6-9-25)20-22-7-10-26(20)12-17-13-28-14-23-17/h1-4,7,10-11,13-15,24H,5-6,8-9,12H2. The first-order valence-electron chi connectivity index (χ1n) is 9.53. The van der Waals surface area contributed by atoms with Crippen LogP contribution in [0.15, 0.2) is 53.6 Å². The third kappa shape index (κ3) is 3.22. The summed E-state index contributed by atoms with van der Waals surface area (Å²) < 4.78 is 2.19. The molecule has 1 aliphatic heterocycles. The second-order valence-electron chi connectivity index (χ2n) is 7.23. The number of nitrogens with zero attached hydrogens (tertiary/aromatic N) is 4. The van der Waals surface area contributed by atoms with Crippen LogP contribution < -0.4 is 0 Å². The zero-order chi connectivity index (χ0) is 18.9. The molecule has 7 heteroatoms. The second kappa shape index (κ2) is 7.24. The number of fused-ring (bicyclic) bond motifs is 1. The number of likely N-dealkylation sites (tertiary alicyclic amines) is 1. The van der Waals surface area contributed by atoms with Gasteiger partial charge in [-0.2, -0.15) is 0 Å². The van der Waals surface area contributed by atoms with Gasteiger partial charge in [0.1, 0.15) is 11.5 Å². The molecule has 1 aromatic carbocycles. The Morgan fingerprint density at radius 1 is 1.21 bits per heavy atom. The molecule has 1 saturated heterocycles. The quantitative estimate of drug-likeness (QED) is 0.574. The molecule has 5 rings (SSSR count). The van der Waals surface area contributed by atoms with E-state index in [2.05, 4.69) is 24.9 Å². The van der Waals surface area contributed by atoms with E-state index in [-0.39, 0.29) is 5.91 Å². The fourth-order valence-electron chi connectivity index (χ4n) is 4.00. The van der Waals surface area contributed by atoms with E-state index in [1.54, 1.807) is 11.3 Å². The Labute approximate surface area is 166 Å². The number of rotatable bonds is 4. The topological polar surface area (TPSA) is 66.8 Å². The highest BCUT2D eigenvalue weighted by atomic mass is 32.1. The number of carbonyl (C=O) groups excluding carboxylic acids is 1. The van der Waals surface area contributed by atoms with Crippen molar-refractivity contribution in [3.8, 4) is 0 Å². The Hall–Kier alpha value is -2.93. The first kappa shape index (κ1) is 17.2. The van der Waals surface area contributed by atoms with E-state index in [9.17, 15) is 4.79 Å². The third-order valence-corrected chi connectivity index (χ3v) is 6.11. The molecule has 1 aliphatic rings. The summed E-state index contributed by atoms with van der Waals surface area (Å²) in [6, 6.07) is 9.94. The molecule has 1 fully saturated rings. The molecule has 0 saturated carbocycles. The van der Waals surface area contributed by atoms with E-state index in [4.69, 9.17) is 0 Å². The van der Waals surface area contributed by atoms with Crippen molar-refractivity contribution >= 4 is 28.1 Å². The van der Waals surface area contributed by atoms with Crippen molar-refractivity contribution in [2.24, 2.45) is 0 Å². The molecule has 4 aromatic rings. The van der Waals surface area contributed by atoms with Crippen LogP contribution in [0.1, 0.15) is 40.8 Å². The summed E-state index contributed by atoms with van der Waals surface area (Å²) in [5.74, 6) is 1.56. The van der Waals surface area contributed by atoms with Crippen molar-refractivity contribution in [1.82, 2.24) is 24.4 Å². The minimum absolute atomic E-state index is 0.0838. The highest BCUT2D eigenvalue weighted by Gasteiger charge is 2.27. The molecular formula is C21H21N5OS. The highest BCUT2D eigenvalue weighted by Crippen LogP contribution is 2.28. The van der Waals surface area contributed by atoms with Gasteiger partial charge in [0.05, 0.1) is 17.7 Å². The average molecular weight is 392 g/mol. The van der Waals surface area contributed by atoms with Crippen LogP contribution in [0.4, 0.5) is 0 Å². The van der Waals surface area contributed by atoms with Gasteiger partial charge in [-0.05, 0) is 25.0 Å². The second-order valence-corrected chi connectivity index (χ2v) is 7.95. The van der Waals surface area contributed by atoms with Crippen molar-refractivity contribution in [1.29, 1.82) is 0 Å². The van der Waals surface area contributed by atoms with Crippen LogP contribution in [0.2, 0.25) is 0 Å². The molecule has 0 unspecified atom stereocenters. The lowest BCUT2D eigenvalue weighted by molar-refractivity contribution is 0.0705. The van der Waals surface area contributed by atoms with Gasteiger partial charge in [0.25, 0.3) is 5.91 Å². The summed E-state index contributed by atoms with van der Waals surface area (Å²) in [4.78, 5) is 27.1. The number of aromatic nitrogens is 4. The van der Waals surface area contributed by atoms with E-state index >= 15 is 0 Å². The summed E-state index contributed by atoms with van der Waals surface area (Å²) in [6.07, 6.45) is 5.75. The van der Waals surface area contributed by atoms with Crippen molar-refractivity contribution in [3.63, 3.8) is 0 Å². The summed E-state index contributed by atoms with van der Waals surface area (Å²) >= 11 is 1.61. The number of carbonyl (C=O) groups is 1. The fraction of sp³-hybridized carbons (Fsp3) is 0.286. The Bertz CT molecular complexity index is 1060. The first-order valence-corrected chi connectivity index (χ1v) is 10.5. The average Bonchev–Trinajstić information content (AvgIpc) is 3.48. The molecule has 1 N–H and O–H groups in total. The lowest BCUT2D eigenvalue weighted by atomic mass is 9.95. The Kier molecular flexibility index (Phi) is 4.44. The molecule has 0 radical (unpaired) electrons. The van der Waals surface area contributed by atoms with Gasteiger partial charge < -0.3 is 14.5 Å². The van der Waals surface area contributed by atoms with Gasteiger partial charge in [0.15, 0.2) is 0 Å². The smallest absolute Gasteiger partial charge is 0.270 e. The first-order chi connectivity index (χ1) is 13.8. The maximum atomic E-state index is 12.9. The maximum Gasteiger partial charge on any atom is 0.270 e. The Morgan fingerprint density at radius 3 is 2.86 bits per heavy atom. The Balaban J connectivity index is 1.26. The summed E-state index contributed by atoms with van der Waals surface area (Å²) in [6.45, 7) is 2.26. The number of nitrogens with one attached hydrogen (secondary N) is 1. The number of para-hydroxylation sites is 1. The van der Waals surface area contributed by atoms with E-state index in [0.717, 1.165) is 54.9 Å². The van der Waals surface area contributed by atoms with Crippen LogP contribution in [0.5, 0.6) is 0 Å². The van der Waals surface area contributed by atoms with Crippen molar-refractivity contribution < 1.29 is 4.79 Å². The summed E-state index contributed by atoms with van der Waals surface area (Å²) in [5, 5.41) is 3.15. The molecule has 28 heavy (non-hydrogen) atoms. The van der Waals surface area contributed by atoms with E-state index in [1.807, 2.05) is 53.1 Å².